The zero-order chi connectivity index (χ0) is 18.1. The number of esters is 1. The summed E-state index contributed by atoms with van der Waals surface area (Å²) >= 11 is 0. The number of fused-ring (bicyclic) bond motifs is 2. The molecule has 26 heavy (non-hydrogen) atoms. The van der Waals surface area contributed by atoms with Crippen molar-refractivity contribution in [1.82, 2.24) is 5.32 Å². The van der Waals surface area contributed by atoms with Crippen LogP contribution in [0.5, 0.6) is 0 Å². The van der Waals surface area contributed by atoms with E-state index >= 15 is 0 Å². The zero-order valence-electron chi connectivity index (χ0n) is 16.4. The van der Waals surface area contributed by atoms with Crippen LogP contribution < -0.4 is 5.32 Å². The minimum absolute atomic E-state index is 0.0391. The Bertz CT molecular complexity index is 595. The largest absolute Gasteiger partial charge is 0.462 e. The lowest BCUT2D eigenvalue weighted by atomic mass is 9.55. The van der Waals surface area contributed by atoms with Gasteiger partial charge in [0.2, 0.25) is 0 Å². The molecule has 1 aliphatic heterocycles. The summed E-state index contributed by atoms with van der Waals surface area (Å²) in [6, 6.07) is 0. The molecule has 0 radical (unpaired) electrons. The molecule has 0 spiro atoms. The van der Waals surface area contributed by atoms with E-state index < -0.39 is 0 Å². The van der Waals surface area contributed by atoms with Crippen molar-refractivity contribution in [1.29, 1.82) is 0 Å². The predicted octanol–water partition coefficient (Wildman–Crippen LogP) is 4.78. The van der Waals surface area contributed by atoms with Gasteiger partial charge in [-0.25, -0.2) is 0 Å². The highest BCUT2D eigenvalue weighted by atomic mass is 16.6. The Morgan fingerprint density at radius 2 is 2.19 bits per heavy atom. The number of carbonyl (C=O) groups excluding carboxylic acids is 1. The van der Waals surface area contributed by atoms with Crippen LogP contribution in [0.2, 0.25) is 0 Å². The van der Waals surface area contributed by atoms with Crippen LogP contribution >= 0.6 is 0 Å². The summed E-state index contributed by atoms with van der Waals surface area (Å²) in [5, 5.41) is 3.57. The number of nitrogens with one attached hydrogen (secondary N) is 1. The van der Waals surface area contributed by atoms with Gasteiger partial charge < -0.3 is 10.1 Å². The molecule has 1 N–H and O–H groups in total. The number of hydrogen-bond donors (Lipinski definition) is 1. The molecule has 0 amide bonds. The van der Waals surface area contributed by atoms with Crippen LogP contribution in [0, 0.1) is 23.2 Å². The maximum absolute atomic E-state index is 12.5. The Kier molecular flexibility index (Phi) is 5.27. The van der Waals surface area contributed by atoms with Crippen LogP contribution in [0.1, 0.15) is 71.1 Å². The van der Waals surface area contributed by atoms with Gasteiger partial charge in [0.15, 0.2) is 0 Å². The maximum Gasteiger partial charge on any atom is 0.310 e. The average Bonchev–Trinajstić information content (AvgIpc) is 2.92. The topological polar surface area (TPSA) is 38.3 Å². The highest BCUT2D eigenvalue weighted by Crippen LogP contribution is 2.56. The van der Waals surface area contributed by atoms with Gasteiger partial charge in [-0.15, -0.1) is 0 Å². The fourth-order valence-electron chi connectivity index (χ4n) is 6.13. The Balaban J connectivity index is 1.33. The van der Waals surface area contributed by atoms with Gasteiger partial charge in [0.1, 0.15) is 6.10 Å². The predicted molar refractivity (Wildman–Crippen MR) is 105 cm³/mol. The van der Waals surface area contributed by atoms with Crippen LogP contribution in [0.4, 0.5) is 0 Å². The monoisotopic (exact) mass is 357 g/mol. The number of allylic oxidation sites excluding steroid dienone is 2. The average molecular weight is 358 g/mol. The van der Waals surface area contributed by atoms with E-state index in [9.17, 15) is 4.79 Å². The van der Waals surface area contributed by atoms with Crippen LogP contribution in [-0.4, -0.2) is 25.2 Å². The Morgan fingerprint density at radius 1 is 1.31 bits per heavy atom. The van der Waals surface area contributed by atoms with Gasteiger partial charge in [0.05, 0.1) is 5.92 Å². The molecule has 0 bridgehead atoms. The Labute approximate surface area is 158 Å². The van der Waals surface area contributed by atoms with Gasteiger partial charge >= 0.3 is 5.97 Å². The highest BCUT2D eigenvalue weighted by Gasteiger charge is 2.54. The summed E-state index contributed by atoms with van der Waals surface area (Å²) in [7, 11) is 0. The van der Waals surface area contributed by atoms with Crippen LogP contribution in [0.25, 0.3) is 0 Å². The summed E-state index contributed by atoms with van der Waals surface area (Å²) in [4.78, 5) is 12.5. The molecule has 4 rings (SSSR count). The van der Waals surface area contributed by atoms with Gasteiger partial charge in [-0.3, -0.25) is 4.79 Å². The Hall–Kier alpha value is -1.09. The smallest absolute Gasteiger partial charge is 0.310 e. The first kappa shape index (κ1) is 18.3. The summed E-state index contributed by atoms with van der Waals surface area (Å²) in [6.07, 6.45) is 14.7. The second kappa shape index (κ2) is 7.50. The van der Waals surface area contributed by atoms with Crippen molar-refractivity contribution >= 4 is 5.97 Å². The van der Waals surface area contributed by atoms with Crippen molar-refractivity contribution in [2.24, 2.45) is 23.2 Å². The lowest BCUT2D eigenvalue weighted by molar-refractivity contribution is -0.146. The molecule has 3 fully saturated rings. The van der Waals surface area contributed by atoms with Crippen LogP contribution in [0.3, 0.4) is 0 Å². The minimum atomic E-state index is 0.0391. The second-order valence-corrected chi connectivity index (χ2v) is 9.47. The quantitative estimate of drug-likeness (QED) is 0.437. The van der Waals surface area contributed by atoms with Crippen LogP contribution in [0.15, 0.2) is 23.8 Å². The first-order valence-corrected chi connectivity index (χ1v) is 10.8. The molecule has 1 saturated heterocycles. The lowest BCUT2D eigenvalue weighted by Gasteiger charge is -2.50. The van der Waals surface area contributed by atoms with E-state index in [0.717, 1.165) is 32.4 Å². The van der Waals surface area contributed by atoms with Crippen molar-refractivity contribution in [3.63, 3.8) is 0 Å². The first-order valence-electron chi connectivity index (χ1n) is 10.8. The van der Waals surface area contributed by atoms with Crippen molar-refractivity contribution in [2.45, 2.75) is 77.2 Å². The van der Waals surface area contributed by atoms with Crippen LogP contribution in [-0.2, 0) is 9.53 Å². The summed E-state index contributed by atoms with van der Waals surface area (Å²) < 4.78 is 5.85. The fourth-order valence-corrected chi connectivity index (χ4v) is 6.13. The van der Waals surface area contributed by atoms with Crippen molar-refractivity contribution in [2.75, 3.05) is 13.1 Å². The van der Waals surface area contributed by atoms with E-state index in [2.05, 4.69) is 24.9 Å². The number of hydrogen-bond acceptors (Lipinski definition) is 3. The normalized spacial score (nSPS) is 39.8. The number of rotatable bonds is 5. The summed E-state index contributed by atoms with van der Waals surface area (Å²) in [5.74, 6) is 1.05. The molecule has 4 aliphatic rings. The van der Waals surface area contributed by atoms with E-state index in [0.29, 0.717) is 17.3 Å². The molecule has 0 aromatic carbocycles. The molecular weight excluding hydrogens is 322 g/mol. The van der Waals surface area contributed by atoms with Gasteiger partial charge in [-0.2, -0.15) is 0 Å². The SMILES string of the molecule is C=C1CCCC2(C)CC3OC(=O)C(CNCCC4=CCCCC4)C3CC12. The van der Waals surface area contributed by atoms with Crippen molar-refractivity contribution < 1.29 is 9.53 Å². The first-order chi connectivity index (χ1) is 12.6. The highest BCUT2D eigenvalue weighted by molar-refractivity contribution is 5.75. The molecule has 3 heteroatoms. The van der Waals surface area contributed by atoms with Gasteiger partial charge in [-0.05, 0) is 82.1 Å². The van der Waals surface area contributed by atoms with Gasteiger partial charge in [-0.1, -0.05) is 30.7 Å². The molecule has 1 heterocycles. The van der Waals surface area contributed by atoms with Gasteiger partial charge in [0, 0.05) is 12.5 Å². The van der Waals surface area contributed by atoms with E-state index in [1.807, 2.05) is 0 Å². The van der Waals surface area contributed by atoms with E-state index in [1.165, 1.54) is 50.5 Å². The molecule has 3 nitrogen and oxygen atoms in total. The third kappa shape index (κ3) is 3.52. The van der Waals surface area contributed by atoms with Crippen molar-refractivity contribution in [3.05, 3.63) is 23.8 Å². The zero-order valence-corrected chi connectivity index (χ0v) is 16.4. The summed E-state index contributed by atoms with van der Waals surface area (Å²) in [6.45, 7) is 8.55. The third-order valence-corrected chi connectivity index (χ3v) is 7.69. The molecule has 3 aliphatic carbocycles. The van der Waals surface area contributed by atoms with E-state index in [-0.39, 0.29) is 18.0 Å². The molecule has 0 aromatic rings. The molecule has 5 atom stereocenters. The summed E-state index contributed by atoms with van der Waals surface area (Å²) in [5.41, 5.74) is 3.32. The number of carbonyl (C=O) groups is 1. The van der Waals surface area contributed by atoms with E-state index in [4.69, 9.17) is 4.74 Å². The minimum Gasteiger partial charge on any atom is -0.462 e. The van der Waals surface area contributed by atoms with Gasteiger partial charge in [0.25, 0.3) is 0 Å². The molecule has 0 aromatic heterocycles. The maximum atomic E-state index is 12.5. The molecule has 2 saturated carbocycles. The Morgan fingerprint density at radius 3 is 3.00 bits per heavy atom. The molecular formula is C23H35NO2. The molecule has 144 valence electrons. The molecule has 5 unspecified atom stereocenters. The second-order valence-electron chi connectivity index (χ2n) is 9.47. The fraction of sp³-hybridized carbons (Fsp3) is 0.783. The standard InChI is InChI=1S/C23H35NO2/c1-16-7-6-11-23(2)14-21-18(13-20(16)23)19(22(25)26-21)15-24-12-10-17-8-4-3-5-9-17/h8,18-21,24H,1,3-7,9-15H2,2H3. The lowest BCUT2D eigenvalue weighted by Crippen LogP contribution is -2.45. The number of ether oxygens (including phenoxy) is 1. The third-order valence-electron chi connectivity index (χ3n) is 7.69. The van der Waals surface area contributed by atoms with E-state index in [1.54, 1.807) is 5.57 Å². The van der Waals surface area contributed by atoms with Crippen molar-refractivity contribution in [3.8, 4) is 0 Å².